The number of phenols is 1. The van der Waals surface area contributed by atoms with E-state index in [9.17, 15) is 9.90 Å². The average Bonchev–Trinajstić information content (AvgIpc) is 3.79. The van der Waals surface area contributed by atoms with Crippen molar-refractivity contribution in [3.63, 3.8) is 0 Å². The summed E-state index contributed by atoms with van der Waals surface area (Å²) in [6, 6.07) is 21.4. The zero-order chi connectivity index (χ0) is 30.8. The Bertz CT molecular complexity index is 1940. The van der Waals surface area contributed by atoms with E-state index in [1.165, 1.54) is 14.2 Å². The summed E-state index contributed by atoms with van der Waals surface area (Å²) in [4.78, 5) is 18.3. The number of ether oxygens (including phenoxy) is 5. The van der Waals surface area contributed by atoms with Crippen LogP contribution >= 0.6 is 27.3 Å². The number of hydrogen-bond donors (Lipinski definition) is 2. The molecule has 11 heteroatoms. The topological polar surface area (TPSA) is 108 Å². The first kappa shape index (κ1) is 28.0. The Hall–Kier alpha value is -4.48. The number of methoxy groups -OCH3 is 2. The van der Waals surface area contributed by atoms with Crippen molar-refractivity contribution in [2.45, 2.75) is 12.0 Å². The summed E-state index contributed by atoms with van der Waals surface area (Å²) in [7, 11) is 2.97. The smallest absolute Gasteiger partial charge is 0.310 e. The molecule has 5 aromatic rings. The molecule has 1 aliphatic carbocycles. The number of halogens is 1. The Morgan fingerprint density at radius 2 is 1.69 bits per heavy atom. The fourth-order valence-electron chi connectivity index (χ4n) is 6.77. The first-order valence-corrected chi connectivity index (χ1v) is 16.0. The third-order valence-electron chi connectivity index (χ3n) is 8.87. The molecule has 1 saturated heterocycles. The van der Waals surface area contributed by atoms with Gasteiger partial charge in [0.25, 0.3) is 0 Å². The van der Waals surface area contributed by atoms with Crippen LogP contribution in [0.4, 0.5) is 5.69 Å². The number of hydrogen-bond acceptors (Lipinski definition) is 10. The molecule has 4 atom stereocenters. The standard InChI is InChI=1S/C34H27BrN2O7S/c1-40-26-10-17(11-27(41-2)32(26)38)29-18-12-24-25(44-15-43-24)13-19(18)31(20-14-42-34(39)30(20)29)36-22-8-7-16(9-21(22)35)33-37-23-5-3-4-6-28(23)45-33/h3-13,20,29-31,36,38H,14-15H2,1-2H3/t20-,29+,30-,31+/m0/s1. The van der Waals surface area contributed by atoms with Gasteiger partial charge in [-0.1, -0.05) is 12.1 Å². The zero-order valence-corrected chi connectivity index (χ0v) is 26.6. The monoisotopic (exact) mass is 686 g/mol. The van der Waals surface area contributed by atoms with Gasteiger partial charge in [0.05, 0.1) is 43.0 Å². The Kier molecular flexibility index (Phi) is 6.76. The van der Waals surface area contributed by atoms with Crippen LogP contribution in [0.15, 0.2) is 71.2 Å². The number of cyclic esters (lactones) is 1. The number of benzene rings is 4. The maximum absolute atomic E-state index is 13.5. The molecule has 45 heavy (non-hydrogen) atoms. The van der Waals surface area contributed by atoms with Crippen LogP contribution < -0.4 is 24.3 Å². The second-order valence-corrected chi connectivity index (χ2v) is 13.1. The van der Waals surface area contributed by atoms with Crippen molar-refractivity contribution in [1.29, 1.82) is 0 Å². The average molecular weight is 688 g/mol. The van der Waals surface area contributed by atoms with E-state index >= 15 is 0 Å². The van der Waals surface area contributed by atoms with E-state index in [0.717, 1.165) is 47.6 Å². The lowest BCUT2D eigenvalue weighted by molar-refractivity contribution is -0.141. The molecule has 0 unspecified atom stereocenters. The molecular weight excluding hydrogens is 660 g/mol. The van der Waals surface area contributed by atoms with Gasteiger partial charge < -0.3 is 34.1 Å². The van der Waals surface area contributed by atoms with E-state index in [0.29, 0.717) is 11.5 Å². The number of aromatic nitrogens is 1. The molecular formula is C34H27BrN2O7S. The van der Waals surface area contributed by atoms with E-state index in [1.54, 1.807) is 23.5 Å². The molecule has 0 spiro atoms. The zero-order valence-electron chi connectivity index (χ0n) is 24.2. The fourth-order valence-corrected chi connectivity index (χ4v) is 8.22. The van der Waals surface area contributed by atoms with Crippen LogP contribution in [0.5, 0.6) is 28.7 Å². The van der Waals surface area contributed by atoms with E-state index in [1.807, 2.05) is 36.4 Å². The van der Waals surface area contributed by atoms with Gasteiger partial charge in [-0.2, -0.15) is 0 Å². The summed E-state index contributed by atoms with van der Waals surface area (Å²) in [5, 5.41) is 15.3. The van der Waals surface area contributed by atoms with E-state index in [4.69, 9.17) is 28.7 Å². The van der Waals surface area contributed by atoms with Gasteiger partial charge in [0.15, 0.2) is 23.0 Å². The number of anilines is 1. The number of rotatable bonds is 6. The van der Waals surface area contributed by atoms with Crippen molar-refractivity contribution in [3.05, 3.63) is 87.9 Å². The highest BCUT2D eigenvalue weighted by atomic mass is 79.9. The number of carbonyl (C=O) groups excluding carboxylic acids is 1. The van der Waals surface area contributed by atoms with Crippen LogP contribution in [0, 0.1) is 11.8 Å². The number of esters is 1. The molecule has 0 amide bonds. The first-order valence-electron chi connectivity index (χ1n) is 14.4. The van der Waals surface area contributed by atoms with Gasteiger partial charge in [-0.25, -0.2) is 4.98 Å². The molecule has 4 aromatic carbocycles. The number of carbonyl (C=O) groups is 1. The number of aromatic hydroxyl groups is 1. The van der Waals surface area contributed by atoms with Crippen molar-refractivity contribution in [1.82, 2.24) is 4.98 Å². The number of nitrogens with one attached hydrogen (secondary N) is 1. The lowest BCUT2D eigenvalue weighted by Crippen LogP contribution is -2.37. The molecule has 3 heterocycles. The number of nitrogens with zero attached hydrogens (tertiary/aromatic N) is 1. The fraction of sp³-hybridized carbons (Fsp3) is 0.235. The van der Waals surface area contributed by atoms with Crippen LogP contribution in [0.1, 0.15) is 28.7 Å². The summed E-state index contributed by atoms with van der Waals surface area (Å²) in [5.41, 5.74) is 5.48. The minimum atomic E-state index is -0.518. The van der Waals surface area contributed by atoms with Crippen molar-refractivity contribution >= 4 is 49.1 Å². The molecule has 0 radical (unpaired) electrons. The van der Waals surface area contributed by atoms with Crippen LogP contribution in [0.2, 0.25) is 0 Å². The van der Waals surface area contributed by atoms with Crippen LogP contribution in [0.25, 0.3) is 20.8 Å². The predicted molar refractivity (Wildman–Crippen MR) is 173 cm³/mol. The van der Waals surface area contributed by atoms with E-state index in [-0.39, 0.29) is 48.6 Å². The van der Waals surface area contributed by atoms with Gasteiger partial charge in [0.2, 0.25) is 12.5 Å². The lowest BCUT2D eigenvalue weighted by Gasteiger charge is -2.40. The maximum Gasteiger partial charge on any atom is 0.310 e. The summed E-state index contributed by atoms with van der Waals surface area (Å²) in [5.74, 6) is 0.244. The quantitative estimate of drug-likeness (QED) is 0.178. The molecule has 0 saturated carbocycles. The highest BCUT2D eigenvalue weighted by molar-refractivity contribution is 9.10. The summed E-state index contributed by atoms with van der Waals surface area (Å²) < 4.78 is 30.3. The SMILES string of the molecule is COc1cc([C@@H]2c3cc4c(cc3[C@@H](Nc3ccc(-c5nc6ccccc6s5)cc3Br)[C@H]3COC(=O)[C@H]23)OCO4)cc(OC)c1O. The minimum absolute atomic E-state index is 0.102. The Morgan fingerprint density at radius 1 is 0.956 bits per heavy atom. The van der Waals surface area contributed by atoms with Crippen molar-refractivity contribution in [2.24, 2.45) is 11.8 Å². The highest BCUT2D eigenvalue weighted by Gasteiger charge is 2.53. The van der Waals surface area contributed by atoms with Crippen molar-refractivity contribution < 1.29 is 33.6 Å². The number of para-hydroxylation sites is 1. The molecule has 8 rings (SSSR count). The van der Waals surface area contributed by atoms with Gasteiger partial charge in [0.1, 0.15) is 5.01 Å². The second kappa shape index (κ2) is 10.8. The largest absolute Gasteiger partial charge is 0.502 e. The molecule has 3 aliphatic rings. The van der Waals surface area contributed by atoms with Crippen LogP contribution in [-0.4, -0.2) is 43.7 Å². The third-order valence-corrected chi connectivity index (χ3v) is 10.6. The molecule has 2 aliphatic heterocycles. The van der Waals surface area contributed by atoms with Crippen LogP contribution in [0.3, 0.4) is 0 Å². The third kappa shape index (κ3) is 4.55. The maximum atomic E-state index is 13.5. The molecule has 2 N–H and O–H groups in total. The number of phenolic OH excluding ortho intramolecular Hbond substituents is 1. The number of thiazole rings is 1. The van der Waals surface area contributed by atoms with Crippen molar-refractivity contribution in [2.75, 3.05) is 32.9 Å². The Balaban J connectivity index is 1.23. The van der Waals surface area contributed by atoms with Gasteiger partial charge in [0, 0.05) is 27.6 Å². The van der Waals surface area contributed by atoms with Crippen LogP contribution in [-0.2, 0) is 9.53 Å². The van der Waals surface area contributed by atoms with E-state index in [2.05, 4.69) is 39.4 Å². The van der Waals surface area contributed by atoms with E-state index < -0.39 is 11.8 Å². The van der Waals surface area contributed by atoms with Gasteiger partial charge >= 0.3 is 5.97 Å². The van der Waals surface area contributed by atoms with Gasteiger partial charge in [-0.05, 0) is 87.2 Å². The molecule has 1 fully saturated rings. The summed E-state index contributed by atoms with van der Waals surface area (Å²) >= 11 is 5.45. The lowest BCUT2D eigenvalue weighted by atomic mass is 9.65. The van der Waals surface area contributed by atoms with Crippen molar-refractivity contribution in [3.8, 4) is 39.3 Å². The normalized spacial score (nSPS) is 21.3. The molecule has 0 bridgehead atoms. The second-order valence-electron chi connectivity index (χ2n) is 11.2. The molecule has 1 aromatic heterocycles. The molecule has 228 valence electrons. The predicted octanol–water partition coefficient (Wildman–Crippen LogP) is 7.27. The Labute approximate surface area is 270 Å². The first-order chi connectivity index (χ1) is 21.9. The Morgan fingerprint density at radius 3 is 2.40 bits per heavy atom. The minimum Gasteiger partial charge on any atom is -0.502 e. The van der Waals surface area contributed by atoms with Gasteiger partial charge in [-0.15, -0.1) is 11.3 Å². The summed E-state index contributed by atoms with van der Waals surface area (Å²) in [6.45, 7) is 0.370. The van der Waals surface area contributed by atoms with Gasteiger partial charge in [-0.3, -0.25) is 4.79 Å². The number of fused-ring (bicyclic) bond motifs is 4. The molecule has 9 nitrogen and oxygen atoms in total. The summed E-state index contributed by atoms with van der Waals surface area (Å²) in [6.07, 6.45) is 0. The highest BCUT2D eigenvalue weighted by Crippen LogP contribution is 2.56.